The molecule has 0 aliphatic carbocycles. The molecule has 0 radical (unpaired) electrons. The Balaban J connectivity index is 2.62. The number of anilines is 1. The van der Waals surface area contributed by atoms with Gasteiger partial charge in [0.1, 0.15) is 5.56 Å². The van der Waals surface area contributed by atoms with E-state index < -0.39 is 5.97 Å². The summed E-state index contributed by atoms with van der Waals surface area (Å²) < 4.78 is 5.36. The van der Waals surface area contributed by atoms with Crippen molar-refractivity contribution in [2.24, 2.45) is 0 Å². The highest BCUT2D eigenvalue weighted by Gasteiger charge is 2.14. The zero-order valence-electron chi connectivity index (χ0n) is 11.4. The average molecular weight is 264 g/mol. The van der Waals surface area contributed by atoms with Crippen LogP contribution in [-0.4, -0.2) is 35.8 Å². The van der Waals surface area contributed by atoms with Gasteiger partial charge in [-0.25, -0.2) is 4.79 Å². The maximum Gasteiger partial charge on any atom is 0.339 e. The van der Waals surface area contributed by atoms with Crippen LogP contribution < -0.4 is 5.32 Å². The second-order valence-corrected chi connectivity index (χ2v) is 4.19. The van der Waals surface area contributed by atoms with Crippen LogP contribution in [-0.2, 0) is 4.74 Å². The predicted octanol–water partition coefficient (Wildman–Crippen LogP) is 2.40. The van der Waals surface area contributed by atoms with Gasteiger partial charge in [0.25, 0.3) is 0 Å². The quantitative estimate of drug-likeness (QED) is 0.557. The molecule has 0 fully saturated rings. The van der Waals surface area contributed by atoms with Gasteiger partial charge in [0, 0.05) is 12.2 Å². The third kappa shape index (κ3) is 4.71. The SMILES string of the molecule is C=CCCOCCNc1cc(C)nc(C)c1C(=O)O. The number of rotatable bonds is 8. The molecule has 0 unspecified atom stereocenters. The zero-order valence-corrected chi connectivity index (χ0v) is 11.4. The lowest BCUT2D eigenvalue weighted by Gasteiger charge is -2.12. The molecular weight excluding hydrogens is 244 g/mol. The van der Waals surface area contributed by atoms with Gasteiger partial charge < -0.3 is 15.2 Å². The van der Waals surface area contributed by atoms with Crippen LogP contribution in [0.15, 0.2) is 18.7 Å². The molecule has 1 aromatic rings. The van der Waals surface area contributed by atoms with Crippen molar-refractivity contribution in [3.8, 4) is 0 Å². The maximum atomic E-state index is 11.2. The van der Waals surface area contributed by atoms with Crippen LogP contribution >= 0.6 is 0 Å². The van der Waals surface area contributed by atoms with Gasteiger partial charge in [-0.1, -0.05) is 6.08 Å². The number of aromatic nitrogens is 1. The summed E-state index contributed by atoms with van der Waals surface area (Å²) in [6, 6.07) is 1.74. The van der Waals surface area contributed by atoms with Crippen LogP contribution in [0, 0.1) is 13.8 Å². The molecule has 1 rings (SSSR count). The minimum absolute atomic E-state index is 0.219. The largest absolute Gasteiger partial charge is 0.478 e. The van der Waals surface area contributed by atoms with Crippen molar-refractivity contribution >= 4 is 11.7 Å². The molecule has 0 spiro atoms. The maximum absolute atomic E-state index is 11.2. The van der Waals surface area contributed by atoms with Gasteiger partial charge in [-0.15, -0.1) is 6.58 Å². The molecule has 0 saturated carbocycles. The summed E-state index contributed by atoms with van der Waals surface area (Å²) in [4.78, 5) is 15.4. The molecule has 104 valence electrons. The first-order valence-electron chi connectivity index (χ1n) is 6.20. The van der Waals surface area contributed by atoms with E-state index in [-0.39, 0.29) is 5.56 Å². The van der Waals surface area contributed by atoms with Gasteiger partial charge in [-0.3, -0.25) is 4.98 Å². The zero-order chi connectivity index (χ0) is 14.3. The van der Waals surface area contributed by atoms with E-state index in [1.165, 1.54) is 0 Å². The van der Waals surface area contributed by atoms with E-state index in [0.717, 1.165) is 12.1 Å². The van der Waals surface area contributed by atoms with Gasteiger partial charge in [0.15, 0.2) is 0 Å². The number of carboxylic acid groups (broad SMARTS) is 1. The van der Waals surface area contributed by atoms with E-state index in [4.69, 9.17) is 4.74 Å². The number of aromatic carboxylic acids is 1. The number of hydrogen-bond donors (Lipinski definition) is 2. The van der Waals surface area contributed by atoms with Crippen LogP contribution in [0.4, 0.5) is 5.69 Å². The molecule has 0 aliphatic rings. The Morgan fingerprint density at radius 3 is 2.89 bits per heavy atom. The summed E-state index contributed by atoms with van der Waals surface area (Å²) in [5, 5.41) is 12.3. The molecule has 5 nitrogen and oxygen atoms in total. The summed E-state index contributed by atoms with van der Waals surface area (Å²) in [6.07, 6.45) is 2.61. The molecule has 0 atom stereocenters. The summed E-state index contributed by atoms with van der Waals surface area (Å²) in [5.41, 5.74) is 2.11. The smallest absolute Gasteiger partial charge is 0.339 e. The Bertz CT molecular complexity index is 458. The van der Waals surface area contributed by atoms with Crippen LogP contribution in [0.3, 0.4) is 0 Å². The number of nitrogens with zero attached hydrogens (tertiary/aromatic N) is 1. The van der Waals surface area contributed by atoms with Crippen molar-refractivity contribution in [1.29, 1.82) is 0 Å². The second kappa shape index (κ2) is 7.53. The number of aryl methyl sites for hydroxylation is 2. The molecule has 19 heavy (non-hydrogen) atoms. The standard InChI is InChI=1S/C14H20N2O3/c1-4-5-7-19-8-6-15-12-9-10(2)16-11(3)13(12)14(17)18/h4,9H,1,5-8H2,2-3H3,(H,15,16)(H,17,18). The number of hydrogen-bond acceptors (Lipinski definition) is 4. The lowest BCUT2D eigenvalue weighted by molar-refractivity contribution is 0.0696. The molecule has 1 heterocycles. The summed E-state index contributed by atoms with van der Waals surface area (Å²) >= 11 is 0. The minimum Gasteiger partial charge on any atom is -0.478 e. The Labute approximate surface area is 113 Å². The third-order valence-electron chi connectivity index (χ3n) is 2.57. The number of nitrogens with one attached hydrogen (secondary N) is 1. The Kier molecular flexibility index (Phi) is 6.02. The molecule has 0 saturated heterocycles. The van der Waals surface area contributed by atoms with Crippen molar-refractivity contribution in [1.82, 2.24) is 4.98 Å². The Morgan fingerprint density at radius 2 is 2.26 bits per heavy atom. The van der Waals surface area contributed by atoms with E-state index in [2.05, 4.69) is 16.9 Å². The highest BCUT2D eigenvalue weighted by molar-refractivity contribution is 5.95. The van der Waals surface area contributed by atoms with E-state index >= 15 is 0 Å². The molecule has 0 aromatic carbocycles. The molecule has 5 heteroatoms. The van der Waals surface area contributed by atoms with E-state index in [9.17, 15) is 9.90 Å². The first kappa shape index (κ1) is 15.2. The number of ether oxygens (including phenoxy) is 1. The molecule has 1 aromatic heterocycles. The van der Waals surface area contributed by atoms with Crippen LogP contribution in [0.5, 0.6) is 0 Å². The van der Waals surface area contributed by atoms with Crippen LogP contribution in [0.25, 0.3) is 0 Å². The summed E-state index contributed by atoms with van der Waals surface area (Å²) in [7, 11) is 0. The minimum atomic E-state index is -0.972. The molecule has 2 N–H and O–H groups in total. The predicted molar refractivity (Wildman–Crippen MR) is 74.8 cm³/mol. The second-order valence-electron chi connectivity index (χ2n) is 4.19. The normalized spacial score (nSPS) is 10.2. The lowest BCUT2D eigenvalue weighted by Crippen LogP contribution is -2.14. The van der Waals surface area contributed by atoms with E-state index in [1.54, 1.807) is 19.1 Å². The fourth-order valence-corrected chi connectivity index (χ4v) is 1.76. The van der Waals surface area contributed by atoms with Crippen LogP contribution in [0.1, 0.15) is 28.2 Å². The Morgan fingerprint density at radius 1 is 1.53 bits per heavy atom. The van der Waals surface area contributed by atoms with Crippen LogP contribution in [0.2, 0.25) is 0 Å². The summed E-state index contributed by atoms with van der Waals surface area (Å²) in [5.74, 6) is -0.972. The lowest BCUT2D eigenvalue weighted by atomic mass is 10.1. The fourth-order valence-electron chi connectivity index (χ4n) is 1.76. The first-order chi connectivity index (χ1) is 9.06. The van der Waals surface area contributed by atoms with Gasteiger partial charge in [-0.2, -0.15) is 0 Å². The molecule has 0 amide bonds. The molecule has 0 bridgehead atoms. The van der Waals surface area contributed by atoms with Crippen molar-refractivity contribution in [3.63, 3.8) is 0 Å². The molecule has 0 aliphatic heterocycles. The highest BCUT2D eigenvalue weighted by atomic mass is 16.5. The number of pyridine rings is 1. The van der Waals surface area contributed by atoms with Gasteiger partial charge >= 0.3 is 5.97 Å². The highest BCUT2D eigenvalue weighted by Crippen LogP contribution is 2.19. The van der Waals surface area contributed by atoms with E-state index in [0.29, 0.717) is 31.1 Å². The number of carboxylic acids is 1. The summed E-state index contributed by atoms with van der Waals surface area (Å²) in [6.45, 7) is 8.85. The van der Waals surface area contributed by atoms with Crippen molar-refractivity contribution in [2.45, 2.75) is 20.3 Å². The van der Waals surface area contributed by atoms with Gasteiger partial charge in [-0.05, 0) is 26.3 Å². The Hall–Kier alpha value is -1.88. The monoisotopic (exact) mass is 264 g/mol. The molecular formula is C14H20N2O3. The number of carbonyl (C=O) groups is 1. The van der Waals surface area contributed by atoms with Gasteiger partial charge in [0.05, 0.1) is 24.6 Å². The van der Waals surface area contributed by atoms with Crippen molar-refractivity contribution < 1.29 is 14.6 Å². The average Bonchev–Trinajstić information content (AvgIpc) is 2.32. The van der Waals surface area contributed by atoms with Crippen molar-refractivity contribution in [2.75, 3.05) is 25.1 Å². The third-order valence-corrected chi connectivity index (χ3v) is 2.57. The fraction of sp³-hybridized carbons (Fsp3) is 0.429. The topological polar surface area (TPSA) is 71.5 Å². The first-order valence-corrected chi connectivity index (χ1v) is 6.20. The van der Waals surface area contributed by atoms with Crippen molar-refractivity contribution in [3.05, 3.63) is 35.7 Å². The van der Waals surface area contributed by atoms with Gasteiger partial charge in [0.2, 0.25) is 0 Å². The van der Waals surface area contributed by atoms with E-state index in [1.807, 2.05) is 6.92 Å².